The quantitative estimate of drug-likeness (QED) is 0.820. The first-order valence-electron chi connectivity index (χ1n) is 6.65. The highest BCUT2D eigenvalue weighted by Crippen LogP contribution is 2.06. The topological polar surface area (TPSA) is 51.2 Å². The number of ether oxygens (including phenoxy) is 1. The summed E-state index contributed by atoms with van der Waals surface area (Å²) in [6, 6.07) is 11.4. The third-order valence-electron chi connectivity index (χ3n) is 2.87. The minimum atomic E-state index is -0.274. The molecule has 1 aromatic heterocycles. The molecule has 104 valence electrons. The van der Waals surface area contributed by atoms with Crippen molar-refractivity contribution in [2.75, 3.05) is 6.61 Å². The number of hydrogen-bond acceptors (Lipinski definition) is 4. The Labute approximate surface area is 118 Å². The molecule has 1 aromatic carbocycles. The Hall–Kier alpha value is -2.20. The van der Waals surface area contributed by atoms with Gasteiger partial charge in [0, 0.05) is 25.5 Å². The van der Waals surface area contributed by atoms with Crippen LogP contribution in [-0.2, 0) is 17.8 Å². The summed E-state index contributed by atoms with van der Waals surface area (Å²) in [5.41, 5.74) is 2.92. The first kappa shape index (κ1) is 14.2. The summed E-state index contributed by atoms with van der Waals surface area (Å²) >= 11 is 0. The van der Waals surface area contributed by atoms with Crippen LogP contribution in [0.4, 0.5) is 0 Å². The number of pyridine rings is 1. The maximum Gasteiger partial charge on any atom is 0.338 e. The van der Waals surface area contributed by atoms with Crippen molar-refractivity contribution < 1.29 is 9.53 Å². The molecule has 4 heteroatoms. The SMILES string of the molecule is CCOC(=O)c1ccc(CNCc2ccncc2)cc1. The minimum absolute atomic E-state index is 0.274. The van der Waals surface area contributed by atoms with Crippen LogP contribution in [0.5, 0.6) is 0 Å². The summed E-state index contributed by atoms with van der Waals surface area (Å²) in [5, 5.41) is 3.35. The number of nitrogens with zero attached hydrogens (tertiary/aromatic N) is 1. The van der Waals surface area contributed by atoms with E-state index in [4.69, 9.17) is 4.74 Å². The summed E-state index contributed by atoms with van der Waals surface area (Å²) in [4.78, 5) is 15.5. The molecule has 0 aliphatic carbocycles. The molecule has 0 atom stereocenters. The smallest absolute Gasteiger partial charge is 0.338 e. The molecule has 2 aromatic rings. The van der Waals surface area contributed by atoms with Gasteiger partial charge >= 0.3 is 5.97 Å². The molecule has 1 N–H and O–H groups in total. The molecule has 0 spiro atoms. The Morgan fingerprint density at radius 3 is 2.25 bits per heavy atom. The van der Waals surface area contributed by atoms with Gasteiger partial charge in [0.25, 0.3) is 0 Å². The summed E-state index contributed by atoms with van der Waals surface area (Å²) in [5.74, 6) is -0.274. The van der Waals surface area contributed by atoms with Gasteiger partial charge in [0.15, 0.2) is 0 Å². The number of carbonyl (C=O) groups excluding carboxylic acids is 1. The summed E-state index contributed by atoms with van der Waals surface area (Å²) in [6.45, 7) is 3.75. The van der Waals surface area contributed by atoms with Gasteiger partial charge in [-0.15, -0.1) is 0 Å². The highest BCUT2D eigenvalue weighted by molar-refractivity contribution is 5.89. The van der Waals surface area contributed by atoms with Crippen LogP contribution >= 0.6 is 0 Å². The average Bonchev–Trinajstić information content (AvgIpc) is 2.49. The van der Waals surface area contributed by atoms with E-state index < -0.39 is 0 Å². The van der Waals surface area contributed by atoms with Crippen molar-refractivity contribution in [2.45, 2.75) is 20.0 Å². The molecule has 0 saturated heterocycles. The second-order valence-electron chi connectivity index (χ2n) is 4.38. The van der Waals surface area contributed by atoms with Gasteiger partial charge in [0.2, 0.25) is 0 Å². The van der Waals surface area contributed by atoms with Crippen molar-refractivity contribution in [3.8, 4) is 0 Å². The van der Waals surface area contributed by atoms with Gasteiger partial charge < -0.3 is 10.1 Å². The van der Waals surface area contributed by atoms with Gasteiger partial charge in [-0.25, -0.2) is 4.79 Å². The van der Waals surface area contributed by atoms with E-state index in [1.807, 2.05) is 24.3 Å². The van der Waals surface area contributed by atoms with Crippen LogP contribution in [0.15, 0.2) is 48.8 Å². The molecule has 0 unspecified atom stereocenters. The number of carbonyl (C=O) groups is 1. The summed E-state index contributed by atoms with van der Waals surface area (Å²) in [7, 11) is 0. The van der Waals surface area contributed by atoms with Gasteiger partial charge in [-0.3, -0.25) is 4.98 Å². The zero-order chi connectivity index (χ0) is 14.2. The van der Waals surface area contributed by atoms with Crippen LogP contribution in [0.1, 0.15) is 28.4 Å². The van der Waals surface area contributed by atoms with Gasteiger partial charge in [-0.2, -0.15) is 0 Å². The molecule has 0 aliphatic heterocycles. The summed E-state index contributed by atoms with van der Waals surface area (Å²) < 4.78 is 4.95. The van der Waals surface area contributed by atoms with Gasteiger partial charge in [0.1, 0.15) is 0 Å². The van der Waals surface area contributed by atoms with Crippen LogP contribution in [0.2, 0.25) is 0 Å². The standard InChI is InChI=1S/C16H18N2O2/c1-2-20-16(19)15-5-3-13(4-6-15)11-18-12-14-7-9-17-10-8-14/h3-10,18H,2,11-12H2,1H3. The van der Waals surface area contributed by atoms with Gasteiger partial charge in [-0.05, 0) is 42.3 Å². The number of hydrogen-bond donors (Lipinski definition) is 1. The van der Waals surface area contributed by atoms with Crippen molar-refractivity contribution in [3.63, 3.8) is 0 Å². The van der Waals surface area contributed by atoms with E-state index in [1.165, 1.54) is 5.56 Å². The lowest BCUT2D eigenvalue weighted by Gasteiger charge is -2.06. The van der Waals surface area contributed by atoms with Crippen LogP contribution < -0.4 is 5.32 Å². The number of benzene rings is 1. The van der Waals surface area contributed by atoms with Crippen molar-refractivity contribution >= 4 is 5.97 Å². The van der Waals surface area contributed by atoms with Crippen molar-refractivity contribution in [1.29, 1.82) is 0 Å². The van der Waals surface area contributed by atoms with Crippen molar-refractivity contribution in [1.82, 2.24) is 10.3 Å². The molecule has 0 bridgehead atoms. The fourth-order valence-corrected chi connectivity index (χ4v) is 1.82. The molecular weight excluding hydrogens is 252 g/mol. The molecule has 0 aliphatic rings. The van der Waals surface area contributed by atoms with Crippen molar-refractivity contribution in [3.05, 3.63) is 65.5 Å². The Balaban J connectivity index is 1.83. The lowest BCUT2D eigenvalue weighted by Crippen LogP contribution is -2.13. The summed E-state index contributed by atoms with van der Waals surface area (Å²) in [6.07, 6.45) is 3.57. The molecule has 1 heterocycles. The Bertz CT molecular complexity index is 538. The first-order valence-corrected chi connectivity index (χ1v) is 6.65. The molecule has 0 saturated carbocycles. The van der Waals surface area contributed by atoms with Crippen LogP contribution in [-0.4, -0.2) is 17.6 Å². The number of aromatic nitrogens is 1. The highest BCUT2D eigenvalue weighted by atomic mass is 16.5. The lowest BCUT2D eigenvalue weighted by molar-refractivity contribution is 0.0526. The van der Waals surface area contributed by atoms with Gasteiger partial charge in [0.05, 0.1) is 12.2 Å². The monoisotopic (exact) mass is 270 g/mol. The third kappa shape index (κ3) is 4.17. The zero-order valence-corrected chi connectivity index (χ0v) is 11.5. The maximum absolute atomic E-state index is 11.5. The van der Waals surface area contributed by atoms with E-state index in [-0.39, 0.29) is 5.97 Å². The molecule has 20 heavy (non-hydrogen) atoms. The predicted octanol–water partition coefficient (Wildman–Crippen LogP) is 2.55. The Morgan fingerprint density at radius 1 is 1.05 bits per heavy atom. The van der Waals surface area contributed by atoms with Crippen LogP contribution in [0.25, 0.3) is 0 Å². The fourth-order valence-electron chi connectivity index (χ4n) is 1.82. The van der Waals surface area contributed by atoms with Crippen molar-refractivity contribution in [2.24, 2.45) is 0 Å². The molecule has 0 amide bonds. The second kappa shape index (κ2) is 7.40. The van der Waals surface area contributed by atoms with E-state index in [1.54, 1.807) is 31.5 Å². The Morgan fingerprint density at radius 2 is 1.65 bits per heavy atom. The first-order chi connectivity index (χ1) is 9.79. The Kier molecular flexibility index (Phi) is 5.26. The maximum atomic E-state index is 11.5. The van der Waals surface area contributed by atoms with E-state index in [0.717, 1.165) is 18.7 Å². The number of esters is 1. The molecular formula is C16H18N2O2. The molecule has 2 rings (SSSR count). The second-order valence-corrected chi connectivity index (χ2v) is 4.38. The largest absolute Gasteiger partial charge is 0.462 e. The minimum Gasteiger partial charge on any atom is -0.462 e. The molecule has 0 fully saturated rings. The third-order valence-corrected chi connectivity index (χ3v) is 2.87. The predicted molar refractivity (Wildman–Crippen MR) is 77.2 cm³/mol. The number of nitrogens with one attached hydrogen (secondary N) is 1. The van der Waals surface area contributed by atoms with E-state index in [0.29, 0.717) is 12.2 Å². The lowest BCUT2D eigenvalue weighted by atomic mass is 10.1. The number of rotatable bonds is 6. The van der Waals surface area contributed by atoms with E-state index >= 15 is 0 Å². The van der Waals surface area contributed by atoms with Gasteiger partial charge in [-0.1, -0.05) is 12.1 Å². The average molecular weight is 270 g/mol. The van der Waals surface area contributed by atoms with Crippen LogP contribution in [0.3, 0.4) is 0 Å². The van der Waals surface area contributed by atoms with E-state index in [2.05, 4.69) is 10.3 Å². The zero-order valence-electron chi connectivity index (χ0n) is 11.5. The normalized spacial score (nSPS) is 10.2. The fraction of sp³-hybridized carbons (Fsp3) is 0.250. The van der Waals surface area contributed by atoms with Crippen LogP contribution in [0, 0.1) is 0 Å². The molecule has 0 radical (unpaired) electrons. The highest BCUT2D eigenvalue weighted by Gasteiger charge is 2.05. The molecule has 4 nitrogen and oxygen atoms in total. The van der Waals surface area contributed by atoms with E-state index in [9.17, 15) is 4.79 Å².